The first-order valence-corrected chi connectivity index (χ1v) is 5.14. The molecule has 0 unspecified atom stereocenters. The van der Waals surface area contributed by atoms with E-state index in [-0.39, 0.29) is 5.97 Å². The first-order chi connectivity index (χ1) is 6.23. The second-order valence-corrected chi connectivity index (χ2v) is 5.51. The van der Waals surface area contributed by atoms with Crippen molar-refractivity contribution >= 4 is 23.2 Å². The van der Waals surface area contributed by atoms with Crippen molar-refractivity contribution in [2.45, 2.75) is 39.7 Å². The van der Waals surface area contributed by atoms with Crippen LogP contribution in [0.5, 0.6) is 0 Å². The van der Waals surface area contributed by atoms with E-state index in [1.807, 2.05) is 27.7 Å². The summed E-state index contributed by atoms with van der Waals surface area (Å²) in [6.07, 6.45) is 0.594. The molecule has 0 radical (unpaired) electrons. The van der Waals surface area contributed by atoms with E-state index in [0.717, 1.165) is 4.99 Å². The molecule has 0 bridgehead atoms. The molecule has 0 spiro atoms. The molecule has 0 aromatic carbocycles. The fourth-order valence-corrected chi connectivity index (χ4v) is 1.71. The van der Waals surface area contributed by atoms with Crippen LogP contribution in [0.2, 0.25) is 0 Å². The molecule has 1 N–H and O–H groups in total. The van der Waals surface area contributed by atoms with Crippen molar-refractivity contribution in [2.75, 3.05) is 6.54 Å². The molecule has 0 saturated carbocycles. The van der Waals surface area contributed by atoms with Gasteiger partial charge < -0.3 is 10.1 Å². The van der Waals surface area contributed by atoms with Crippen molar-refractivity contribution in [2.24, 2.45) is 5.41 Å². The van der Waals surface area contributed by atoms with Crippen LogP contribution in [-0.2, 0) is 9.53 Å². The highest BCUT2D eigenvalue weighted by Gasteiger charge is 2.41. The summed E-state index contributed by atoms with van der Waals surface area (Å²) in [4.78, 5) is 12.6. The Bertz CT molecular complexity index is 270. The van der Waals surface area contributed by atoms with Crippen molar-refractivity contribution in [1.82, 2.24) is 5.32 Å². The topological polar surface area (TPSA) is 38.3 Å². The molecule has 0 amide bonds. The zero-order chi connectivity index (χ0) is 11.0. The predicted molar refractivity (Wildman–Crippen MR) is 59.2 cm³/mol. The van der Waals surface area contributed by atoms with E-state index >= 15 is 0 Å². The van der Waals surface area contributed by atoms with Crippen molar-refractivity contribution in [3.05, 3.63) is 0 Å². The molecule has 1 fully saturated rings. The minimum absolute atomic E-state index is 0.169. The zero-order valence-corrected chi connectivity index (χ0v) is 9.96. The number of carbonyl (C=O) groups excluding carboxylic acids is 1. The van der Waals surface area contributed by atoms with Gasteiger partial charge in [0.15, 0.2) is 0 Å². The number of thiocarbonyl (C=S) groups is 1. The highest BCUT2D eigenvalue weighted by Crippen LogP contribution is 2.29. The first-order valence-electron chi connectivity index (χ1n) is 4.73. The Hall–Kier alpha value is -0.640. The zero-order valence-electron chi connectivity index (χ0n) is 9.14. The van der Waals surface area contributed by atoms with Crippen LogP contribution in [0, 0.1) is 5.41 Å². The lowest BCUT2D eigenvalue weighted by Gasteiger charge is -2.26. The fraction of sp³-hybridized carbons (Fsp3) is 0.800. The van der Waals surface area contributed by atoms with Crippen LogP contribution in [0.3, 0.4) is 0 Å². The summed E-state index contributed by atoms with van der Waals surface area (Å²) in [7, 11) is 0. The lowest BCUT2D eigenvalue weighted by atomic mass is 9.90. The van der Waals surface area contributed by atoms with Crippen molar-refractivity contribution in [3.8, 4) is 0 Å². The number of nitrogens with one attached hydrogen (secondary N) is 1. The summed E-state index contributed by atoms with van der Waals surface area (Å²) >= 11 is 5.01. The van der Waals surface area contributed by atoms with Gasteiger partial charge in [0.05, 0.1) is 10.4 Å². The SMILES string of the molecule is CC(C)(C)OC(=O)[C@@]1(C)CNC(=S)C1. The lowest BCUT2D eigenvalue weighted by molar-refractivity contribution is -0.165. The molecule has 1 aliphatic rings. The molecule has 1 saturated heterocycles. The number of ether oxygens (including phenoxy) is 1. The summed E-state index contributed by atoms with van der Waals surface area (Å²) in [5.41, 5.74) is -0.908. The van der Waals surface area contributed by atoms with Gasteiger partial charge in [-0.25, -0.2) is 0 Å². The highest BCUT2D eigenvalue weighted by atomic mass is 32.1. The molecule has 80 valence electrons. The van der Waals surface area contributed by atoms with Crippen molar-refractivity contribution in [3.63, 3.8) is 0 Å². The molecule has 0 aromatic rings. The summed E-state index contributed by atoms with van der Waals surface area (Å²) in [6.45, 7) is 8.08. The maximum Gasteiger partial charge on any atom is 0.314 e. The summed E-state index contributed by atoms with van der Waals surface area (Å²) < 4.78 is 5.33. The first kappa shape index (κ1) is 11.4. The molecule has 0 aromatic heterocycles. The predicted octanol–water partition coefficient (Wildman–Crippen LogP) is 1.66. The molecular weight excluding hydrogens is 198 g/mol. The van der Waals surface area contributed by atoms with Gasteiger partial charge in [-0.05, 0) is 27.7 Å². The molecule has 0 aliphatic carbocycles. The summed E-state index contributed by atoms with van der Waals surface area (Å²) in [5.74, 6) is -0.169. The van der Waals surface area contributed by atoms with E-state index in [0.29, 0.717) is 13.0 Å². The van der Waals surface area contributed by atoms with Crippen LogP contribution in [0.1, 0.15) is 34.1 Å². The second kappa shape index (κ2) is 3.50. The van der Waals surface area contributed by atoms with E-state index in [9.17, 15) is 4.79 Å². The lowest BCUT2D eigenvalue weighted by Crippen LogP contribution is -2.37. The Morgan fingerprint density at radius 3 is 2.50 bits per heavy atom. The van der Waals surface area contributed by atoms with Gasteiger partial charge in [-0.1, -0.05) is 12.2 Å². The normalized spacial score (nSPS) is 27.3. The average molecular weight is 215 g/mol. The van der Waals surface area contributed by atoms with Gasteiger partial charge >= 0.3 is 5.97 Å². The molecule has 3 nitrogen and oxygen atoms in total. The van der Waals surface area contributed by atoms with Gasteiger partial charge in [-0.15, -0.1) is 0 Å². The fourth-order valence-electron chi connectivity index (χ4n) is 1.32. The smallest absolute Gasteiger partial charge is 0.314 e. The molecule has 1 heterocycles. The second-order valence-electron chi connectivity index (χ2n) is 5.02. The molecule has 14 heavy (non-hydrogen) atoms. The third-order valence-electron chi connectivity index (χ3n) is 2.12. The number of carbonyl (C=O) groups is 1. The summed E-state index contributed by atoms with van der Waals surface area (Å²) in [6, 6.07) is 0. The van der Waals surface area contributed by atoms with Crippen molar-refractivity contribution < 1.29 is 9.53 Å². The number of esters is 1. The highest BCUT2D eigenvalue weighted by molar-refractivity contribution is 7.80. The Labute approximate surface area is 90.2 Å². The molecular formula is C10H17NO2S. The Morgan fingerprint density at radius 1 is 1.57 bits per heavy atom. The quantitative estimate of drug-likeness (QED) is 0.533. The van der Waals surface area contributed by atoms with Crippen LogP contribution in [-0.4, -0.2) is 23.1 Å². The average Bonchev–Trinajstić information content (AvgIpc) is 2.29. The van der Waals surface area contributed by atoms with E-state index in [2.05, 4.69) is 5.32 Å². The van der Waals surface area contributed by atoms with E-state index < -0.39 is 11.0 Å². The van der Waals surface area contributed by atoms with Gasteiger partial charge in [0, 0.05) is 13.0 Å². The van der Waals surface area contributed by atoms with Crippen LogP contribution in [0.25, 0.3) is 0 Å². The van der Waals surface area contributed by atoms with Gasteiger partial charge in [0.2, 0.25) is 0 Å². The van der Waals surface area contributed by atoms with E-state index in [4.69, 9.17) is 17.0 Å². The molecule has 1 aliphatic heterocycles. The summed E-state index contributed by atoms with van der Waals surface area (Å²) in [5, 5.41) is 3.01. The maximum atomic E-state index is 11.8. The molecule has 4 heteroatoms. The molecule has 1 rings (SSSR count). The minimum atomic E-state index is -0.482. The van der Waals surface area contributed by atoms with Crippen LogP contribution in [0.15, 0.2) is 0 Å². The monoisotopic (exact) mass is 215 g/mol. The standard InChI is InChI=1S/C10H17NO2S/c1-9(2,3)13-8(12)10(4)5-7(14)11-6-10/h5-6H2,1-4H3,(H,11,14)/t10-/m1/s1. The van der Waals surface area contributed by atoms with Crippen LogP contribution >= 0.6 is 12.2 Å². The van der Waals surface area contributed by atoms with Gasteiger partial charge in [-0.2, -0.15) is 0 Å². The van der Waals surface area contributed by atoms with Crippen LogP contribution < -0.4 is 5.32 Å². The Morgan fingerprint density at radius 2 is 2.14 bits per heavy atom. The van der Waals surface area contributed by atoms with E-state index in [1.54, 1.807) is 0 Å². The third-order valence-corrected chi connectivity index (χ3v) is 2.41. The van der Waals surface area contributed by atoms with Gasteiger partial charge in [0.1, 0.15) is 5.60 Å². The van der Waals surface area contributed by atoms with Crippen LogP contribution in [0.4, 0.5) is 0 Å². The maximum absolute atomic E-state index is 11.8. The third kappa shape index (κ3) is 2.67. The molecule has 1 atom stereocenters. The van der Waals surface area contributed by atoms with Gasteiger partial charge in [0.25, 0.3) is 0 Å². The van der Waals surface area contributed by atoms with E-state index in [1.165, 1.54) is 0 Å². The van der Waals surface area contributed by atoms with Crippen molar-refractivity contribution in [1.29, 1.82) is 0 Å². The number of hydrogen-bond donors (Lipinski definition) is 1. The van der Waals surface area contributed by atoms with Gasteiger partial charge in [-0.3, -0.25) is 4.79 Å². The number of hydrogen-bond acceptors (Lipinski definition) is 3. The number of rotatable bonds is 1. The Kier molecular flexibility index (Phi) is 2.86. The minimum Gasteiger partial charge on any atom is -0.459 e. The Balaban J connectivity index is 2.65. The largest absolute Gasteiger partial charge is 0.459 e.